The Morgan fingerprint density at radius 2 is 1.70 bits per heavy atom. The SMILES string of the molecule is C/C=C(C)\C=C\C(C)C(C)(C)CC(C)(S)CCC.CC. The van der Waals surface area contributed by atoms with Gasteiger partial charge in [0.1, 0.15) is 0 Å². The van der Waals surface area contributed by atoms with Crippen molar-refractivity contribution < 1.29 is 0 Å². The summed E-state index contributed by atoms with van der Waals surface area (Å²) in [6.07, 6.45) is 10.3. The zero-order valence-electron chi connectivity index (χ0n) is 15.4. The predicted molar refractivity (Wildman–Crippen MR) is 99.8 cm³/mol. The number of thiol groups is 1. The molecule has 20 heavy (non-hydrogen) atoms. The maximum atomic E-state index is 4.85. The Hall–Kier alpha value is -0.170. The Kier molecular flexibility index (Phi) is 11.7. The normalized spacial score (nSPS) is 17.4. The molecular weight excluding hydrogens is 260 g/mol. The lowest BCUT2D eigenvalue weighted by Gasteiger charge is -2.37. The van der Waals surface area contributed by atoms with E-state index in [2.05, 4.69) is 66.7 Å². The molecule has 0 aliphatic carbocycles. The van der Waals surface area contributed by atoms with Gasteiger partial charge in [0.15, 0.2) is 0 Å². The highest BCUT2D eigenvalue weighted by Crippen LogP contribution is 2.40. The summed E-state index contributed by atoms with van der Waals surface area (Å²) in [7, 11) is 0. The first-order chi connectivity index (χ1) is 9.14. The molecule has 0 fully saturated rings. The van der Waals surface area contributed by atoms with Gasteiger partial charge in [0, 0.05) is 4.75 Å². The van der Waals surface area contributed by atoms with Gasteiger partial charge in [-0.05, 0) is 38.0 Å². The van der Waals surface area contributed by atoms with E-state index in [0.29, 0.717) is 5.92 Å². The summed E-state index contributed by atoms with van der Waals surface area (Å²) in [6.45, 7) is 19.8. The van der Waals surface area contributed by atoms with E-state index in [0.717, 1.165) is 6.42 Å². The molecule has 0 N–H and O–H groups in total. The van der Waals surface area contributed by atoms with Crippen molar-refractivity contribution in [2.45, 2.75) is 86.3 Å². The minimum atomic E-state index is 0.149. The van der Waals surface area contributed by atoms with E-state index in [1.54, 1.807) is 0 Å². The second kappa shape index (κ2) is 10.5. The highest BCUT2D eigenvalue weighted by Gasteiger charge is 2.32. The van der Waals surface area contributed by atoms with Gasteiger partial charge in [-0.3, -0.25) is 0 Å². The van der Waals surface area contributed by atoms with Gasteiger partial charge in [0.2, 0.25) is 0 Å². The number of allylic oxidation sites excluding steroid dienone is 4. The topological polar surface area (TPSA) is 0 Å². The van der Waals surface area contributed by atoms with Gasteiger partial charge in [-0.2, -0.15) is 12.6 Å². The van der Waals surface area contributed by atoms with Crippen LogP contribution in [0.1, 0.15) is 81.6 Å². The third-order valence-corrected chi connectivity index (χ3v) is 4.34. The number of hydrogen-bond donors (Lipinski definition) is 1. The molecule has 0 bridgehead atoms. The van der Waals surface area contributed by atoms with E-state index < -0.39 is 0 Å². The van der Waals surface area contributed by atoms with Gasteiger partial charge in [0.25, 0.3) is 0 Å². The summed E-state index contributed by atoms with van der Waals surface area (Å²) < 4.78 is 0.149. The van der Waals surface area contributed by atoms with Crippen LogP contribution in [-0.2, 0) is 0 Å². The maximum absolute atomic E-state index is 4.85. The van der Waals surface area contributed by atoms with Crippen LogP contribution in [0, 0.1) is 11.3 Å². The smallest absolute Gasteiger partial charge is 0.0107 e. The summed E-state index contributed by atoms with van der Waals surface area (Å²) in [5.74, 6) is 0.565. The maximum Gasteiger partial charge on any atom is 0.0107 e. The Labute approximate surface area is 134 Å². The molecule has 0 nitrogen and oxygen atoms in total. The number of hydrogen-bond acceptors (Lipinski definition) is 1. The van der Waals surface area contributed by atoms with Crippen molar-refractivity contribution in [1.82, 2.24) is 0 Å². The van der Waals surface area contributed by atoms with Crippen LogP contribution >= 0.6 is 12.6 Å². The zero-order valence-corrected chi connectivity index (χ0v) is 16.3. The average molecular weight is 299 g/mol. The Bertz CT molecular complexity index is 295. The van der Waals surface area contributed by atoms with Crippen molar-refractivity contribution in [3.05, 3.63) is 23.8 Å². The summed E-state index contributed by atoms with van der Waals surface area (Å²) in [5.41, 5.74) is 1.62. The average Bonchev–Trinajstić information content (AvgIpc) is 2.36. The van der Waals surface area contributed by atoms with Crippen LogP contribution in [-0.4, -0.2) is 4.75 Å². The van der Waals surface area contributed by atoms with Crippen LogP contribution in [0.4, 0.5) is 0 Å². The molecule has 0 radical (unpaired) electrons. The lowest BCUT2D eigenvalue weighted by Crippen LogP contribution is -2.30. The molecule has 0 rings (SSSR count). The molecule has 0 aliphatic heterocycles. The van der Waals surface area contributed by atoms with Crippen LogP contribution in [0.3, 0.4) is 0 Å². The molecule has 0 spiro atoms. The molecule has 0 heterocycles. The first-order valence-electron chi connectivity index (χ1n) is 8.18. The fourth-order valence-electron chi connectivity index (χ4n) is 2.42. The molecule has 120 valence electrons. The fraction of sp³-hybridized carbons (Fsp3) is 0.789. The van der Waals surface area contributed by atoms with E-state index in [-0.39, 0.29) is 10.2 Å². The third-order valence-electron chi connectivity index (χ3n) is 3.96. The molecule has 0 aromatic rings. The van der Waals surface area contributed by atoms with Crippen molar-refractivity contribution in [2.24, 2.45) is 11.3 Å². The van der Waals surface area contributed by atoms with Crippen molar-refractivity contribution in [2.75, 3.05) is 0 Å². The van der Waals surface area contributed by atoms with Crippen molar-refractivity contribution in [3.8, 4) is 0 Å². The lowest BCUT2D eigenvalue weighted by molar-refractivity contribution is 0.223. The highest BCUT2D eigenvalue weighted by molar-refractivity contribution is 7.81. The van der Waals surface area contributed by atoms with Gasteiger partial charge in [-0.15, -0.1) is 0 Å². The molecule has 0 saturated heterocycles. The molecule has 1 heteroatoms. The molecule has 0 aliphatic rings. The van der Waals surface area contributed by atoms with Gasteiger partial charge in [-0.25, -0.2) is 0 Å². The summed E-state index contributed by atoms with van der Waals surface area (Å²) in [6, 6.07) is 0. The van der Waals surface area contributed by atoms with Crippen LogP contribution in [0.5, 0.6) is 0 Å². The monoisotopic (exact) mass is 298 g/mol. The first-order valence-corrected chi connectivity index (χ1v) is 8.63. The second-order valence-electron chi connectivity index (χ2n) is 6.59. The van der Waals surface area contributed by atoms with Crippen LogP contribution in [0.15, 0.2) is 23.8 Å². The zero-order chi connectivity index (χ0) is 16.4. The quantitative estimate of drug-likeness (QED) is 0.377. The van der Waals surface area contributed by atoms with Gasteiger partial charge < -0.3 is 0 Å². The van der Waals surface area contributed by atoms with Crippen molar-refractivity contribution in [1.29, 1.82) is 0 Å². The number of rotatable bonds is 7. The Morgan fingerprint density at radius 1 is 1.20 bits per heavy atom. The van der Waals surface area contributed by atoms with Crippen LogP contribution in [0.2, 0.25) is 0 Å². The second-order valence-corrected chi connectivity index (χ2v) is 7.67. The van der Waals surface area contributed by atoms with E-state index in [4.69, 9.17) is 12.6 Å². The van der Waals surface area contributed by atoms with Crippen molar-refractivity contribution in [3.63, 3.8) is 0 Å². The van der Waals surface area contributed by atoms with Gasteiger partial charge >= 0.3 is 0 Å². The minimum Gasteiger partial charge on any atom is -0.173 e. The summed E-state index contributed by atoms with van der Waals surface area (Å²) in [5, 5.41) is 0. The Balaban J connectivity index is 0. The summed E-state index contributed by atoms with van der Waals surface area (Å²) >= 11 is 4.85. The molecule has 0 saturated carbocycles. The van der Waals surface area contributed by atoms with E-state index in [1.807, 2.05) is 13.8 Å². The molecule has 2 atom stereocenters. The van der Waals surface area contributed by atoms with Gasteiger partial charge in [-0.1, -0.05) is 78.7 Å². The Morgan fingerprint density at radius 3 is 2.10 bits per heavy atom. The van der Waals surface area contributed by atoms with E-state index in [1.165, 1.54) is 18.4 Å². The van der Waals surface area contributed by atoms with Crippen LogP contribution < -0.4 is 0 Å². The van der Waals surface area contributed by atoms with E-state index >= 15 is 0 Å². The van der Waals surface area contributed by atoms with Crippen LogP contribution in [0.25, 0.3) is 0 Å². The molecule has 2 unspecified atom stereocenters. The molecule has 0 amide bonds. The lowest BCUT2D eigenvalue weighted by atomic mass is 9.72. The molecular formula is C19H38S. The molecule has 0 aromatic carbocycles. The molecule has 0 aromatic heterocycles. The van der Waals surface area contributed by atoms with Crippen molar-refractivity contribution >= 4 is 12.6 Å². The van der Waals surface area contributed by atoms with E-state index in [9.17, 15) is 0 Å². The minimum absolute atomic E-state index is 0.149. The third kappa shape index (κ3) is 9.69. The largest absolute Gasteiger partial charge is 0.173 e. The standard InChI is InChI=1S/C17H32S.C2H6/c1-8-12-17(7,18)13-16(5,6)15(4)11-10-14(3)9-2;1-2/h9-11,15,18H,8,12-13H2,1-7H3;1-2H3/b11-10+,14-9-;. The summed E-state index contributed by atoms with van der Waals surface area (Å²) in [4.78, 5) is 0. The predicted octanol–water partition coefficient (Wildman–Crippen LogP) is 7.08. The van der Waals surface area contributed by atoms with Gasteiger partial charge in [0.05, 0.1) is 0 Å². The first kappa shape index (κ1) is 22.1. The fourth-order valence-corrected chi connectivity index (χ4v) is 3.05. The highest BCUT2D eigenvalue weighted by atomic mass is 32.1.